The zero-order chi connectivity index (χ0) is 12.7. The Morgan fingerprint density at radius 1 is 1.05 bits per heavy atom. The van der Waals surface area contributed by atoms with Gasteiger partial charge in [0.2, 0.25) is 0 Å². The molecule has 0 bridgehead atoms. The number of aromatic nitrogens is 1. The van der Waals surface area contributed by atoms with E-state index in [4.69, 9.17) is 4.42 Å². The lowest BCUT2D eigenvalue weighted by Gasteiger charge is -2.28. The van der Waals surface area contributed by atoms with Gasteiger partial charge in [-0.2, -0.15) is 0 Å². The number of benzene rings is 1. The predicted molar refractivity (Wildman–Crippen MR) is 76.6 cm³/mol. The molecule has 1 aliphatic rings. The largest absolute Gasteiger partial charge is 0.456 e. The first-order chi connectivity index (χ1) is 9.43. The number of nitrogens with zero attached hydrogens (tertiary/aromatic N) is 2. The molecular weight excluding hydrogens is 238 g/mol. The topological polar surface area (TPSA) is 41.3 Å². The highest BCUT2D eigenvalue weighted by Crippen LogP contribution is 2.34. The minimum absolute atomic E-state index is 0.921. The van der Waals surface area contributed by atoms with E-state index in [1.54, 1.807) is 0 Å². The normalized spacial score (nSPS) is 16.3. The number of para-hydroxylation sites is 1. The smallest absolute Gasteiger partial charge is 0.140 e. The molecule has 3 aromatic rings. The molecule has 1 aliphatic heterocycles. The SMILES string of the molecule is c1ccc2c(c1)oc1ccnc(N3CCNCC3)c12. The lowest BCUT2D eigenvalue weighted by Crippen LogP contribution is -2.43. The fraction of sp³-hybridized carbons (Fsp3) is 0.267. The number of hydrogen-bond donors (Lipinski definition) is 1. The Kier molecular flexibility index (Phi) is 2.42. The summed E-state index contributed by atoms with van der Waals surface area (Å²) in [6, 6.07) is 10.1. The molecule has 0 amide bonds. The molecule has 4 heteroatoms. The third-order valence-electron chi connectivity index (χ3n) is 3.69. The average Bonchev–Trinajstić information content (AvgIpc) is 2.86. The van der Waals surface area contributed by atoms with Crippen LogP contribution in [0.25, 0.3) is 21.9 Å². The summed E-state index contributed by atoms with van der Waals surface area (Å²) in [5.41, 5.74) is 1.85. The molecule has 2 aromatic heterocycles. The predicted octanol–water partition coefficient (Wildman–Crippen LogP) is 2.39. The van der Waals surface area contributed by atoms with Crippen LogP contribution in [-0.4, -0.2) is 31.2 Å². The van der Waals surface area contributed by atoms with Gasteiger partial charge in [-0.1, -0.05) is 18.2 Å². The minimum atomic E-state index is 0.921. The van der Waals surface area contributed by atoms with Crippen LogP contribution in [0.5, 0.6) is 0 Å². The summed E-state index contributed by atoms with van der Waals surface area (Å²) in [6.45, 7) is 4.00. The third-order valence-corrected chi connectivity index (χ3v) is 3.69. The Morgan fingerprint density at radius 3 is 2.79 bits per heavy atom. The van der Waals surface area contributed by atoms with E-state index in [9.17, 15) is 0 Å². The molecule has 0 saturated carbocycles. The van der Waals surface area contributed by atoms with Crippen LogP contribution in [0.4, 0.5) is 5.82 Å². The van der Waals surface area contributed by atoms with Crippen LogP contribution in [0.2, 0.25) is 0 Å². The summed E-state index contributed by atoms with van der Waals surface area (Å²) in [7, 11) is 0. The maximum absolute atomic E-state index is 5.90. The van der Waals surface area contributed by atoms with E-state index < -0.39 is 0 Å². The highest BCUT2D eigenvalue weighted by molar-refractivity contribution is 6.10. The molecule has 96 valence electrons. The van der Waals surface area contributed by atoms with E-state index >= 15 is 0 Å². The molecule has 4 nitrogen and oxygen atoms in total. The first-order valence-corrected chi connectivity index (χ1v) is 6.65. The van der Waals surface area contributed by atoms with Crippen molar-refractivity contribution in [3.63, 3.8) is 0 Å². The van der Waals surface area contributed by atoms with Crippen molar-refractivity contribution in [1.29, 1.82) is 0 Å². The lowest BCUT2D eigenvalue weighted by molar-refractivity contribution is 0.586. The molecular formula is C15H15N3O. The minimum Gasteiger partial charge on any atom is -0.456 e. The maximum Gasteiger partial charge on any atom is 0.140 e. The van der Waals surface area contributed by atoms with Crippen molar-refractivity contribution in [2.24, 2.45) is 0 Å². The van der Waals surface area contributed by atoms with Crippen molar-refractivity contribution in [2.45, 2.75) is 0 Å². The molecule has 0 radical (unpaired) electrons. The van der Waals surface area contributed by atoms with E-state index in [-0.39, 0.29) is 0 Å². The van der Waals surface area contributed by atoms with Gasteiger partial charge in [-0.3, -0.25) is 0 Å². The van der Waals surface area contributed by atoms with E-state index in [1.807, 2.05) is 30.5 Å². The van der Waals surface area contributed by atoms with Crippen molar-refractivity contribution in [2.75, 3.05) is 31.1 Å². The van der Waals surface area contributed by atoms with Crippen molar-refractivity contribution in [1.82, 2.24) is 10.3 Å². The number of nitrogens with one attached hydrogen (secondary N) is 1. The van der Waals surface area contributed by atoms with Crippen LogP contribution >= 0.6 is 0 Å². The highest BCUT2D eigenvalue weighted by Gasteiger charge is 2.18. The second-order valence-electron chi connectivity index (χ2n) is 4.84. The Morgan fingerprint density at radius 2 is 1.89 bits per heavy atom. The van der Waals surface area contributed by atoms with Crippen LogP contribution in [0, 0.1) is 0 Å². The zero-order valence-electron chi connectivity index (χ0n) is 10.6. The number of piperazine rings is 1. The molecule has 0 unspecified atom stereocenters. The molecule has 1 aromatic carbocycles. The summed E-state index contributed by atoms with van der Waals surface area (Å²) in [5, 5.41) is 5.66. The summed E-state index contributed by atoms with van der Waals surface area (Å²) >= 11 is 0. The van der Waals surface area contributed by atoms with E-state index in [1.165, 1.54) is 0 Å². The molecule has 1 N–H and O–H groups in total. The van der Waals surface area contributed by atoms with Crippen LogP contribution in [0.15, 0.2) is 40.9 Å². The average molecular weight is 253 g/mol. The molecule has 0 atom stereocenters. The molecule has 1 saturated heterocycles. The van der Waals surface area contributed by atoms with E-state index in [0.29, 0.717) is 0 Å². The van der Waals surface area contributed by atoms with Crippen molar-refractivity contribution in [3.8, 4) is 0 Å². The molecule has 0 aliphatic carbocycles. The Labute approximate surface area is 111 Å². The van der Waals surface area contributed by atoms with Crippen LogP contribution in [-0.2, 0) is 0 Å². The first-order valence-electron chi connectivity index (χ1n) is 6.65. The monoisotopic (exact) mass is 253 g/mol. The zero-order valence-corrected chi connectivity index (χ0v) is 10.6. The van der Waals surface area contributed by atoms with E-state index in [2.05, 4.69) is 21.3 Å². The second kappa shape index (κ2) is 4.24. The highest BCUT2D eigenvalue weighted by atomic mass is 16.3. The van der Waals surface area contributed by atoms with Crippen molar-refractivity contribution < 1.29 is 4.42 Å². The lowest BCUT2D eigenvalue weighted by atomic mass is 10.1. The summed E-state index contributed by atoms with van der Waals surface area (Å²) < 4.78 is 5.90. The number of hydrogen-bond acceptors (Lipinski definition) is 4. The van der Waals surface area contributed by atoms with Gasteiger partial charge in [-0.15, -0.1) is 0 Å². The first kappa shape index (κ1) is 10.8. The van der Waals surface area contributed by atoms with E-state index in [0.717, 1.165) is 53.9 Å². The Bertz CT molecular complexity index is 728. The van der Waals surface area contributed by atoms with Gasteiger partial charge < -0.3 is 14.6 Å². The Balaban J connectivity index is 1.98. The van der Waals surface area contributed by atoms with Gasteiger partial charge in [0.05, 0.1) is 5.39 Å². The molecule has 4 rings (SSSR count). The summed E-state index contributed by atoms with van der Waals surface area (Å²) in [4.78, 5) is 6.93. The molecule has 1 fully saturated rings. The number of furan rings is 1. The number of fused-ring (bicyclic) bond motifs is 3. The fourth-order valence-corrected chi connectivity index (χ4v) is 2.77. The standard InChI is InChI=1S/C15H15N3O/c1-2-4-12-11(3-1)14-13(19-12)5-6-17-15(14)18-9-7-16-8-10-18/h1-6,16H,7-10H2. The van der Waals surface area contributed by atoms with Gasteiger partial charge in [0, 0.05) is 37.8 Å². The van der Waals surface area contributed by atoms with Crippen LogP contribution in [0.3, 0.4) is 0 Å². The van der Waals surface area contributed by atoms with Gasteiger partial charge in [0.25, 0.3) is 0 Å². The molecule has 19 heavy (non-hydrogen) atoms. The number of anilines is 1. The van der Waals surface area contributed by atoms with Crippen molar-refractivity contribution >= 4 is 27.8 Å². The quantitative estimate of drug-likeness (QED) is 0.723. The number of rotatable bonds is 1. The maximum atomic E-state index is 5.90. The molecule has 3 heterocycles. The van der Waals surface area contributed by atoms with Gasteiger partial charge >= 0.3 is 0 Å². The molecule has 0 spiro atoms. The summed E-state index contributed by atoms with van der Waals surface area (Å²) in [6.07, 6.45) is 1.84. The fourth-order valence-electron chi connectivity index (χ4n) is 2.77. The van der Waals surface area contributed by atoms with Gasteiger partial charge in [0.1, 0.15) is 17.0 Å². The Hall–Kier alpha value is -2.07. The van der Waals surface area contributed by atoms with Gasteiger partial charge in [-0.05, 0) is 12.1 Å². The number of pyridine rings is 1. The second-order valence-corrected chi connectivity index (χ2v) is 4.84. The van der Waals surface area contributed by atoms with Crippen molar-refractivity contribution in [3.05, 3.63) is 36.5 Å². The van der Waals surface area contributed by atoms with Crippen LogP contribution in [0.1, 0.15) is 0 Å². The van der Waals surface area contributed by atoms with Gasteiger partial charge in [0.15, 0.2) is 0 Å². The van der Waals surface area contributed by atoms with Gasteiger partial charge in [-0.25, -0.2) is 4.98 Å². The van der Waals surface area contributed by atoms with Crippen LogP contribution < -0.4 is 10.2 Å². The third kappa shape index (κ3) is 1.68. The summed E-state index contributed by atoms with van der Waals surface area (Å²) in [5.74, 6) is 1.05.